The highest BCUT2D eigenvalue weighted by Gasteiger charge is 2.14. The Bertz CT molecular complexity index is 819. The number of para-hydroxylation sites is 1. The van der Waals surface area contributed by atoms with Gasteiger partial charge in [-0.1, -0.05) is 18.2 Å². The van der Waals surface area contributed by atoms with Crippen LogP contribution in [0.2, 0.25) is 0 Å². The largest absolute Gasteiger partial charge is 0.340 e. The number of nitrogens with zero attached hydrogens (tertiary/aromatic N) is 3. The summed E-state index contributed by atoms with van der Waals surface area (Å²) in [6, 6.07) is 12.7. The first-order valence-corrected chi connectivity index (χ1v) is 6.37. The number of benzene rings is 2. The van der Waals surface area contributed by atoms with E-state index in [4.69, 9.17) is 0 Å². The van der Waals surface area contributed by atoms with Crippen molar-refractivity contribution in [2.24, 2.45) is 0 Å². The van der Waals surface area contributed by atoms with E-state index in [9.17, 15) is 10.1 Å². The van der Waals surface area contributed by atoms with E-state index in [2.05, 4.69) is 15.3 Å². The number of fused-ring (bicyclic) bond motifs is 1. The number of anilines is 2. The number of hydrogen-bond donors (Lipinski definition) is 1. The summed E-state index contributed by atoms with van der Waals surface area (Å²) in [6.07, 6.45) is 1.44. The highest BCUT2D eigenvalue weighted by molar-refractivity contribution is 5.92. The Labute approximate surface area is 120 Å². The second kappa shape index (κ2) is 5.16. The molecule has 6 nitrogen and oxygen atoms in total. The van der Waals surface area contributed by atoms with Gasteiger partial charge in [-0.15, -0.1) is 0 Å². The van der Waals surface area contributed by atoms with Crippen LogP contribution in [-0.4, -0.2) is 14.9 Å². The minimum Gasteiger partial charge on any atom is -0.340 e. The smallest absolute Gasteiger partial charge is 0.273 e. The van der Waals surface area contributed by atoms with Crippen molar-refractivity contribution in [3.8, 4) is 0 Å². The Morgan fingerprint density at radius 2 is 1.90 bits per heavy atom. The van der Waals surface area contributed by atoms with Gasteiger partial charge in [-0.2, -0.15) is 0 Å². The van der Waals surface area contributed by atoms with Crippen molar-refractivity contribution in [2.75, 3.05) is 5.32 Å². The lowest BCUT2D eigenvalue weighted by atomic mass is 10.1. The molecule has 0 atom stereocenters. The van der Waals surface area contributed by atoms with Gasteiger partial charge in [-0.05, 0) is 25.1 Å². The Balaban J connectivity index is 2.14. The van der Waals surface area contributed by atoms with Crippen LogP contribution in [-0.2, 0) is 0 Å². The summed E-state index contributed by atoms with van der Waals surface area (Å²) < 4.78 is 0. The maximum absolute atomic E-state index is 11.1. The Hall–Kier alpha value is -3.02. The SMILES string of the molecule is Cc1cc2ncnc(Nc3ccccc3)c2cc1[N+](=O)[O-]. The van der Waals surface area contributed by atoms with Crippen molar-refractivity contribution < 1.29 is 4.92 Å². The van der Waals surface area contributed by atoms with Crippen molar-refractivity contribution in [1.29, 1.82) is 0 Å². The molecule has 0 aliphatic heterocycles. The summed E-state index contributed by atoms with van der Waals surface area (Å²) in [5.41, 5.74) is 2.18. The standard InChI is InChI=1S/C15H12N4O2/c1-10-7-13-12(8-14(10)19(20)21)15(17-9-16-13)18-11-5-3-2-4-6-11/h2-9H,1H3,(H,16,17,18). The molecular formula is C15H12N4O2. The fraction of sp³-hybridized carbons (Fsp3) is 0.0667. The molecular weight excluding hydrogens is 268 g/mol. The van der Waals surface area contributed by atoms with Gasteiger partial charge >= 0.3 is 0 Å². The number of aryl methyl sites for hydroxylation is 1. The molecule has 0 unspecified atom stereocenters. The number of nitrogens with one attached hydrogen (secondary N) is 1. The number of hydrogen-bond acceptors (Lipinski definition) is 5. The van der Waals surface area contributed by atoms with Crippen molar-refractivity contribution in [1.82, 2.24) is 9.97 Å². The summed E-state index contributed by atoms with van der Waals surface area (Å²) in [7, 11) is 0. The highest BCUT2D eigenvalue weighted by atomic mass is 16.6. The molecule has 0 fully saturated rings. The Morgan fingerprint density at radius 3 is 2.62 bits per heavy atom. The zero-order valence-corrected chi connectivity index (χ0v) is 11.3. The van der Waals surface area contributed by atoms with Crippen LogP contribution in [0.4, 0.5) is 17.2 Å². The average molecular weight is 280 g/mol. The van der Waals surface area contributed by atoms with Crippen LogP contribution >= 0.6 is 0 Å². The van der Waals surface area contributed by atoms with Crippen LogP contribution in [0.3, 0.4) is 0 Å². The molecule has 0 aliphatic rings. The summed E-state index contributed by atoms with van der Waals surface area (Å²) in [4.78, 5) is 19.0. The van der Waals surface area contributed by atoms with Crippen molar-refractivity contribution in [3.63, 3.8) is 0 Å². The number of nitro groups is 1. The number of nitro benzene ring substituents is 1. The van der Waals surface area contributed by atoms with E-state index in [0.29, 0.717) is 22.3 Å². The fourth-order valence-corrected chi connectivity index (χ4v) is 2.15. The zero-order chi connectivity index (χ0) is 14.8. The second-order valence-electron chi connectivity index (χ2n) is 4.63. The van der Waals surface area contributed by atoms with Gasteiger partial charge < -0.3 is 5.32 Å². The van der Waals surface area contributed by atoms with Gasteiger partial charge in [-0.3, -0.25) is 10.1 Å². The predicted octanol–water partition coefficient (Wildman–Crippen LogP) is 3.59. The van der Waals surface area contributed by atoms with E-state index in [1.807, 2.05) is 30.3 Å². The maximum Gasteiger partial charge on any atom is 0.273 e. The van der Waals surface area contributed by atoms with Gasteiger partial charge in [0, 0.05) is 22.7 Å². The zero-order valence-electron chi connectivity index (χ0n) is 11.3. The second-order valence-corrected chi connectivity index (χ2v) is 4.63. The molecule has 6 heteroatoms. The molecule has 1 N–H and O–H groups in total. The van der Waals surface area contributed by atoms with Crippen LogP contribution in [0, 0.1) is 17.0 Å². The molecule has 104 valence electrons. The highest BCUT2D eigenvalue weighted by Crippen LogP contribution is 2.29. The molecule has 0 saturated carbocycles. The molecule has 0 radical (unpaired) electrons. The van der Waals surface area contributed by atoms with E-state index < -0.39 is 4.92 Å². The first-order chi connectivity index (χ1) is 10.1. The summed E-state index contributed by atoms with van der Waals surface area (Å²) >= 11 is 0. The Morgan fingerprint density at radius 1 is 1.14 bits per heavy atom. The third kappa shape index (κ3) is 2.51. The molecule has 0 spiro atoms. The topological polar surface area (TPSA) is 81.0 Å². The van der Waals surface area contributed by atoms with Crippen LogP contribution in [0.15, 0.2) is 48.8 Å². The molecule has 3 aromatic rings. The summed E-state index contributed by atoms with van der Waals surface area (Å²) in [6.45, 7) is 1.70. The van der Waals surface area contributed by atoms with Crippen LogP contribution in [0.5, 0.6) is 0 Å². The maximum atomic E-state index is 11.1. The summed E-state index contributed by atoms with van der Waals surface area (Å²) in [5, 5.41) is 14.9. The van der Waals surface area contributed by atoms with Gasteiger partial charge in [0.1, 0.15) is 12.1 Å². The molecule has 0 saturated heterocycles. The van der Waals surface area contributed by atoms with Crippen LogP contribution in [0.1, 0.15) is 5.56 Å². The molecule has 21 heavy (non-hydrogen) atoms. The van der Waals surface area contributed by atoms with E-state index >= 15 is 0 Å². The first-order valence-electron chi connectivity index (χ1n) is 6.37. The molecule has 0 aliphatic carbocycles. The monoisotopic (exact) mass is 280 g/mol. The normalized spacial score (nSPS) is 10.5. The van der Waals surface area contributed by atoms with Gasteiger partial charge in [0.25, 0.3) is 5.69 Å². The van der Waals surface area contributed by atoms with Gasteiger partial charge in [0.2, 0.25) is 0 Å². The minimum absolute atomic E-state index is 0.0633. The van der Waals surface area contributed by atoms with Crippen molar-refractivity contribution >= 4 is 28.1 Å². The van der Waals surface area contributed by atoms with Crippen LogP contribution in [0.25, 0.3) is 10.9 Å². The molecule has 2 aromatic carbocycles. The molecule has 0 amide bonds. The first kappa shape index (κ1) is 13.0. The van der Waals surface area contributed by atoms with Crippen molar-refractivity contribution in [2.45, 2.75) is 6.92 Å². The Kier molecular flexibility index (Phi) is 3.19. The molecule has 1 aromatic heterocycles. The molecule has 1 heterocycles. The minimum atomic E-state index is -0.395. The van der Waals surface area contributed by atoms with E-state index in [1.54, 1.807) is 13.0 Å². The average Bonchev–Trinajstić information content (AvgIpc) is 2.47. The lowest BCUT2D eigenvalue weighted by Gasteiger charge is -2.08. The van der Waals surface area contributed by atoms with Crippen molar-refractivity contribution in [3.05, 3.63) is 64.5 Å². The van der Waals surface area contributed by atoms with Gasteiger partial charge in [-0.25, -0.2) is 9.97 Å². The number of aromatic nitrogens is 2. The van der Waals surface area contributed by atoms with Gasteiger partial charge in [0.05, 0.1) is 10.4 Å². The third-order valence-electron chi connectivity index (χ3n) is 3.19. The fourth-order valence-electron chi connectivity index (χ4n) is 2.15. The predicted molar refractivity (Wildman–Crippen MR) is 80.7 cm³/mol. The summed E-state index contributed by atoms with van der Waals surface area (Å²) in [5.74, 6) is 0.550. The lowest BCUT2D eigenvalue weighted by Crippen LogP contribution is -1.98. The van der Waals surface area contributed by atoms with E-state index in [1.165, 1.54) is 12.4 Å². The van der Waals surface area contributed by atoms with Gasteiger partial charge in [0.15, 0.2) is 0 Å². The number of rotatable bonds is 3. The van der Waals surface area contributed by atoms with E-state index in [0.717, 1.165) is 5.69 Å². The molecule has 3 rings (SSSR count). The van der Waals surface area contributed by atoms with Crippen LogP contribution < -0.4 is 5.32 Å². The lowest BCUT2D eigenvalue weighted by molar-refractivity contribution is -0.385. The third-order valence-corrected chi connectivity index (χ3v) is 3.19. The quantitative estimate of drug-likeness (QED) is 0.585. The molecule has 0 bridgehead atoms. The van der Waals surface area contributed by atoms with E-state index in [-0.39, 0.29) is 5.69 Å².